The second-order valence-corrected chi connectivity index (χ2v) is 5.60. The van der Waals surface area contributed by atoms with Crippen LogP contribution in [0.4, 0.5) is 11.4 Å². The lowest BCUT2D eigenvalue weighted by atomic mass is 10.1. The van der Waals surface area contributed by atoms with Crippen LogP contribution in [0.2, 0.25) is 0 Å². The summed E-state index contributed by atoms with van der Waals surface area (Å²) in [5.41, 5.74) is 2.08. The molecule has 3 aromatic rings. The number of para-hydroxylation sites is 2. The quantitative estimate of drug-likeness (QED) is 0.512. The van der Waals surface area contributed by atoms with Crippen LogP contribution in [0.15, 0.2) is 103 Å². The molecule has 128 valence electrons. The molecule has 3 rings (SSSR count). The molecule has 0 aliphatic heterocycles. The fourth-order valence-electron chi connectivity index (χ4n) is 2.37. The summed E-state index contributed by atoms with van der Waals surface area (Å²) in [6.07, 6.45) is 1.32. The smallest absolute Gasteiger partial charge is 0.272 e. The van der Waals surface area contributed by atoms with Gasteiger partial charge in [0.15, 0.2) is 5.78 Å². The van der Waals surface area contributed by atoms with E-state index in [1.165, 1.54) is 6.08 Å². The van der Waals surface area contributed by atoms with E-state index in [1.54, 1.807) is 36.4 Å². The fourth-order valence-corrected chi connectivity index (χ4v) is 2.37. The zero-order valence-electron chi connectivity index (χ0n) is 14.1. The minimum atomic E-state index is -0.385. The average molecular weight is 342 g/mol. The Morgan fingerprint density at radius 3 is 1.62 bits per heavy atom. The van der Waals surface area contributed by atoms with Gasteiger partial charge in [-0.2, -0.15) is 0 Å². The first-order chi connectivity index (χ1) is 12.7. The topological polar surface area (TPSA) is 58.2 Å². The van der Waals surface area contributed by atoms with E-state index in [-0.39, 0.29) is 17.4 Å². The van der Waals surface area contributed by atoms with Gasteiger partial charge in [-0.3, -0.25) is 9.59 Å². The Morgan fingerprint density at radius 1 is 0.615 bits per heavy atom. The summed E-state index contributed by atoms with van der Waals surface area (Å²) in [6, 6.07) is 27.2. The van der Waals surface area contributed by atoms with Gasteiger partial charge >= 0.3 is 0 Å². The van der Waals surface area contributed by atoms with Crippen molar-refractivity contribution in [3.8, 4) is 0 Å². The highest BCUT2D eigenvalue weighted by Gasteiger charge is 2.13. The van der Waals surface area contributed by atoms with Gasteiger partial charge in [0, 0.05) is 23.0 Å². The third-order valence-electron chi connectivity index (χ3n) is 3.66. The highest BCUT2D eigenvalue weighted by atomic mass is 16.2. The van der Waals surface area contributed by atoms with Gasteiger partial charge in [0.05, 0.1) is 0 Å². The van der Waals surface area contributed by atoms with Gasteiger partial charge in [0.2, 0.25) is 0 Å². The lowest BCUT2D eigenvalue weighted by molar-refractivity contribution is -0.112. The average Bonchev–Trinajstić information content (AvgIpc) is 2.69. The highest BCUT2D eigenvalue weighted by molar-refractivity contribution is 6.13. The minimum absolute atomic E-state index is 0.175. The molecule has 0 unspecified atom stereocenters. The van der Waals surface area contributed by atoms with Crippen LogP contribution in [0.3, 0.4) is 0 Å². The fraction of sp³-hybridized carbons (Fsp3) is 0. The van der Waals surface area contributed by atoms with Crippen molar-refractivity contribution in [2.24, 2.45) is 0 Å². The Balaban J connectivity index is 1.87. The van der Waals surface area contributed by atoms with Crippen LogP contribution in [-0.2, 0) is 4.79 Å². The van der Waals surface area contributed by atoms with Crippen LogP contribution >= 0.6 is 0 Å². The molecule has 2 N–H and O–H groups in total. The molecule has 26 heavy (non-hydrogen) atoms. The van der Waals surface area contributed by atoms with Crippen molar-refractivity contribution < 1.29 is 9.59 Å². The zero-order valence-corrected chi connectivity index (χ0v) is 14.1. The molecule has 0 aliphatic rings. The Kier molecular flexibility index (Phi) is 5.58. The van der Waals surface area contributed by atoms with Gasteiger partial charge in [-0.25, -0.2) is 0 Å². The monoisotopic (exact) mass is 342 g/mol. The second-order valence-electron chi connectivity index (χ2n) is 5.60. The van der Waals surface area contributed by atoms with Crippen LogP contribution in [0.25, 0.3) is 0 Å². The summed E-state index contributed by atoms with van der Waals surface area (Å²) in [4.78, 5) is 25.2. The Bertz CT molecular complexity index is 905. The summed E-state index contributed by atoms with van der Waals surface area (Å²) in [5, 5.41) is 5.83. The number of benzene rings is 3. The molecule has 1 amide bonds. The molecule has 0 radical (unpaired) electrons. The lowest BCUT2D eigenvalue weighted by Crippen LogP contribution is -2.21. The summed E-state index contributed by atoms with van der Waals surface area (Å²) in [7, 11) is 0. The highest BCUT2D eigenvalue weighted by Crippen LogP contribution is 2.13. The van der Waals surface area contributed by atoms with Gasteiger partial charge in [-0.05, 0) is 24.3 Å². The minimum Gasteiger partial charge on any atom is -0.351 e. The van der Waals surface area contributed by atoms with E-state index in [2.05, 4.69) is 10.6 Å². The van der Waals surface area contributed by atoms with Crippen molar-refractivity contribution in [3.05, 3.63) is 108 Å². The maximum atomic E-state index is 12.7. The Labute approximate surface area is 152 Å². The summed E-state index contributed by atoms with van der Waals surface area (Å²) in [5.74, 6) is -0.628. The van der Waals surface area contributed by atoms with Gasteiger partial charge in [0.1, 0.15) is 5.70 Å². The number of ketones is 1. The number of amides is 1. The van der Waals surface area contributed by atoms with E-state index < -0.39 is 0 Å². The van der Waals surface area contributed by atoms with Gasteiger partial charge in [-0.1, -0.05) is 66.7 Å². The molecular formula is C22H18N2O2. The molecule has 0 spiro atoms. The molecule has 0 aromatic heterocycles. The van der Waals surface area contributed by atoms with Crippen molar-refractivity contribution in [3.63, 3.8) is 0 Å². The van der Waals surface area contributed by atoms with E-state index in [1.807, 2.05) is 54.6 Å². The second kappa shape index (κ2) is 8.44. The number of hydrogen-bond donors (Lipinski definition) is 2. The predicted octanol–water partition coefficient (Wildman–Crippen LogP) is 4.50. The lowest BCUT2D eigenvalue weighted by Gasteiger charge is -2.12. The molecule has 0 bridgehead atoms. The molecule has 0 fully saturated rings. The van der Waals surface area contributed by atoms with Crippen LogP contribution in [0.1, 0.15) is 10.4 Å². The summed E-state index contributed by atoms with van der Waals surface area (Å²) < 4.78 is 0. The normalized spacial score (nSPS) is 10.8. The molecule has 0 atom stereocenters. The molecular weight excluding hydrogens is 324 g/mol. The first-order valence-electron chi connectivity index (χ1n) is 8.22. The number of carbonyl (C=O) groups excluding carboxylic acids is 2. The van der Waals surface area contributed by atoms with Gasteiger partial charge < -0.3 is 10.6 Å². The molecule has 0 saturated heterocycles. The largest absolute Gasteiger partial charge is 0.351 e. The summed E-state index contributed by atoms with van der Waals surface area (Å²) >= 11 is 0. The van der Waals surface area contributed by atoms with Crippen molar-refractivity contribution in [1.29, 1.82) is 0 Å². The third-order valence-corrected chi connectivity index (χ3v) is 3.66. The van der Waals surface area contributed by atoms with E-state index in [4.69, 9.17) is 0 Å². The van der Waals surface area contributed by atoms with Crippen LogP contribution < -0.4 is 10.6 Å². The maximum Gasteiger partial charge on any atom is 0.272 e. The zero-order chi connectivity index (χ0) is 18.2. The molecule has 4 nitrogen and oxygen atoms in total. The van der Waals surface area contributed by atoms with Crippen molar-refractivity contribution in [2.75, 3.05) is 10.6 Å². The van der Waals surface area contributed by atoms with Crippen molar-refractivity contribution in [1.82, 2.24) is 0 Å². The van der Waals surface area contributed by atoms with Crippen LogP contribution in [-0.4, -0.2) is 11.7 Å². The number of carbonyl (C=O) groups is 2. The van der Waals surface area contributed by atoms with E-state index in [9.17, 15) is 9.59 Å². The van der Waals surface area contributed by atoms with E-state index in [0.717, 1.165) is 5.69 Å². The molecule has 0 saturated carbocycles. The molecule has 4 heteroatoms. The molecule has 0 aliphatic carbocycles. The number of anilines is 2. The number of rotatable bonds is 6. The third kappa shape index (κ3) is 4.68. The predicted molar refractivity (Wildman–Crippen MR) is 104 cm³/mol. The van der Waals surface area contributed by atoms with E-state index >= 15 is 0 Å². The standard InChI is InChI=1S/C22H18N2O2/c25-21(17-10-4-1-5-11-17)16-20(23-18-12-6-2-7-13-18)22(26)24-19-14-8-3-9-15-19/h1-16,23H,(H,24,26). The number of hydrogen-bond acceptors (Lipinski definition) is 3. The van der Waals surface area contributed by atoms with Gasteiger partial charge in [-0.15, -0.1) is 0 Å². The van der Waals surface area contributed by atoms with E-state index in [0.29, 0.717) is 11.3 Å². The first kappa shape index (κ1) is 17.2. The number of allylic oxidation sites excluding steroid dienone is 1. The van der Waals surface area contributed by atoms with Crippen molar-refractivity contribution in [2.45, 2.75) is 0 Å². The van der Waals surface area contributed by atoms with Gasteiger partial charge in [0.25, 0.3) is 5.91 Å². The number of nitrogens with one attached hydrogen (secondary N) is 2. The molecule has 3 aromatic carbocycles. The maximum absolute atomic E-state index is 12.7. The SMILES string of the molecule is O=C(Nc1ccccc1)C(=CC(=O)c1ccccc1)Nc1ccccc1. The first-order valence-corrected chi connectivity index (χ1v) is 8.22. The Hall–Kier alpha value is -3.66. The van der Waals surface area contributed by atoms with Crippen LogP contribution in [0, 0.1) is 0 Å². The Morgan fingerprint density at radius 2 is 1.08 bits per heavy atom. The van der Waals surface area contributed by atoms with Crippen molar-refractivity contribution >= 4 is 23.1 Å². The molecule has 0 heterocycles. The van der Waals surface area contributed by atoms with Crippen LogP contribution in [0.5, 0.6) is 0 Å². The summed E-state index contributed by atoms with van der Waals surface area (Å²) in [6.45, 7) is 0.